The first-order chi connectivity index (χ1) is 12.3. The highest BCUT2D eigenvalue weighted by Gasteiger charge is 2.21. The van der Waals surface area contributed by atoms with Crippen LogP contribution in [0.4, 0.5) is 0 Å². The van der Waals surface area contributed by atoms with E-state index >= 15 is 0 Å². The molecule has 0 aliphatic carbocycles. The van der Waals surface area contributed by atoms with Gasteiger partial charge in [0.15, 0.2) is 0 Å². The predicted molar refractivity (Wildman–Crippen MR) is 106 cm³/mol. The van der Waals surface area contributed by atoms with Crippen LogP contribution in [0.2, 0.25) is 0 Å². The summed E-state index contributed by atoms with van der Waals surface area (Å²) in [4.78, 5) is 2.59. The predicted octanol–water partition coefficient (Wildman–Crippen LogP) is 5.70. The monoisotopic (exact) mass is 336 g/mol. The average molecular weight is 337 g/mol. The largest absolute Gasteiger partial charge is 0.303 e. The van der Waals surface area contributed by atoms with E-state index in [0.29, 0.717) is 11.8 Å². The SMILES string of the molecule is C/C=C\C=C(/CC)C(CCN1CCC(CC#N)CC1)c1ccccc1. The second-order valence-electron chi connectivity index (χ2n) is 7.02. The Balaban J connectivity index is 2.01. The van der Waals surface area contributed by atoms with Crippen LogP contribution >= 0.6 is 0 Å². The summed E-state index contributed by atoms with van der Waals surface area (Å²) in [6.07, 6.45) is 11.9. The topological polar surface area (TPSA) is 27.0 Å². The summed E-state index contributed by atoms with van der Waals surface area (Å²) in [6.45, 7) is 7.78. The van der Waals surface area contributed by atoms with Gasteiger partial charge in [-0.2, -0.15) is 5.26 Å². The van der Waals surface area contributed by atoms with Crippen LogP contribution < -0.4 is 0 Å². The summed E-state index contributed by atoms with van der Waals surface area (Å²) < 4.78 is 0. The van der Waals surface area contributed by atoms with Crippen molar-refractivity contribution in [3.8, 4) is 6.07 Å². The highest BCUT2D eigenvalue weighted by Crippen LogP contribution is 2.31. The molecule has 0 bridgehead atoms. The second-order valence-corrected chi connectivity index (χ2v) is 7.02. The normalized spacial score (nSPS) is 18.4. The lowest BCUT2D eigenvalue weighted by molar-refractivity contribution is 0.182. The van der Waals surface area contributed by atoms with E-state index in [1.54, 1.807) is 0 Å². The molecule has 1 aromatic rings. The first kappa shape index (κ1) is 19.5. The lowest BCUT2D eigenvalue weighted by Gasteiger charge is -2.32. The summed E-state index contributed by atoms with van der Waals surface area (Å²) in [5.41, 5.74) is 2.95. The lowest BCUT2D eigenvalue weighted by atomic mass is 9.86. The van der Waals surface area contributed by atoms with E-state index < -0.39 is 0 Å². The Morgan fingerprint density at radius 3 is 2.60 bits per heavy atom. The Hall–Kier alpha value is -1.85. The molecule has 0 amide bonds. The van der Waals surface area contributed by atoms with Gasteiger partial charge in [0.25, 0.3) is 0 Å². The minimum atomic E-state index is 0.499. The number of rotatable bonds is 8. The Kier molecular flexibility index (Phi) is 8.49. The van der Waals surface area contributed by atoms with E-state index in [1.807, 2.05) is 0 Å². The van der Waals surface area contributed by atoms with E-state index in [0.717, 1.165) is 32.5 Å². The van der Waals surface area contributed by atoms with Crippen LogP contribution in [0.25, 0.3) is 0 Å². The summed E-state index contributed by atoms with van der Waals surface area (Å²) in [6, 6.07) is 13.3. The van der Waals surface area contributed by atoms with Crippen LogP contribution in [0, 0.1) is 17.2 Å². The number of nitriles is 1. The first-order valence-electron chi connectivity index (χ1n) is 9.74. The van der Waals surface area contributed by atoms with Crippen molar-refractivity contribution < 1.29 is 0 Å². The third-order valence-corrected chi connectivity index (χ3v) is 5.38. The molecular weight excluding hydrogens is 304 g/mol. The van der Waals surface area contributed by atoms with Crippen LogP contribution in [-0.2, 0) is 0 Å². The molecule has 2 heteroatoms. The molecule has 1 aliphatic heterocycles. The smallest absolute Gasteiger partial charge is 0.0624 e. The van der Waals surface area contributed by atoms with Gasteiger partial charge >= 0.3 is 0 Å². The molecule has 1 aliphatic rings. The number of nitrogens with zero attached hydrogens (tertiary/aromatic N) is 2. The Bertz CT molecular complexity index is 586. The highest BCUT2D eigenvalue weighted by atomic mass is 15.1. The summed E-state index contributed by atoms with van der Waals surface area (Å²) in [5, 5.41) is 8.87. The van der Waals surface area contributed by atoms with Gasteiger partial charge in [-0.05, 0) is 63.7 Å². The molecule has 25 heavy (non-hydrogen) atoms. The molecule has 2 nitrogen and oxygen atoms in total. The van der Waals surface area contributed by atoms with Crippen molar-refractivity contribution >= 4 is 0 Å². The summed E-state index contributed by atoms with van der Waals surface area (Å²) in [7, 11) is 0. The maximum Gasteiger partial charge on any atom is 0.0624 e. The number of benzene rings is 1. The molecule has 1 atom stereocenters. The fraction of sp³-hybridized carbons (Fsp3) is 0.522. The molecule has 1 saturated heterocycles. The van der Waals surface area contributed by atoms with E-state index in [-0.39, 0.29) is 0 Å². The van der Waals surface area contributed by atoms with Gasteiger partial charge in [-0.1, -0.05) is 61.1 Å². The Labute approximate surface area is 153 Å². The van der Waals surface area contributed by atoms with E-state index in [9.17, 15) is 0 Å². The fourth-order valence-corrected chi connectivity index (χ4v) is 3.81. The van der Waals surface area contributed by atoms with Crippen molar-refractivity contribution in [3.05, 3.63) is 59.7 Å². The van der Waals surface area contributed by atoms with Crippen molar-refractivity contribution in [2.45, 2.75) is 51.9 Å². The van der Waals surface area contributed by atoms with Crippen molar-refractivity contribution in [2.24, 2.45) is 5.92 Å². The molecule has 0 spiro atoms. The summed E-state index contributed by atoms with van der Waals surface area (Å²) in [5.74, 6) is 1.12. The minimum Gasteiger partial charge on any atom is -0.303 e. The maximum absolute atomic E-state index is 8.87. The quantitative estimate of drug-likeness (QED) is 0.569. The zero-order chi connectivity index (χ0) is 17.9. The third kappa shape index (κ3) is 6.18. The van der Waals surface area contributed by atoms with Gasteiger partial charge in [-0.15, -0.1) is 0 Å². The number of allylic oxidation sites excluding steroid dienone is 4. The zero-order valence-corrected chi connectivity index (χ0v) is 15.8. The average Bonchev–Trinajstić information content (AvgIpc) is 2.66. The fourth-order valence-electron chi connectivity index (χ4n) is 3.81. The van der Waals surface area contributed by atoms with Crippen LogP contribution in [0.3, 0.4) is 0 Å². The van der Waals surface area contributed by atoms with Gasteiger partial charge in [0.05, 0.1) is 6.07 Å². The Morgan fingerprint density at radius 1 is 1.28 bits per heavy atom. The maximum atomic E-state index is 8.87. The number of piperidine rings is 1. The van der Waals surface area contributed by atoms with Gasteiger partial charge in [-0.3, -0.25) is 0 Å². The van der Waals surface area contributed by atoms with Crippen molar-refractivity contribution in [1.82, 2.24) is 4.90 Å². The van der Waals surface area contributed by atoms with Gasteiger partial charge in [0, 0.05) is 12.3 Å². The summed E-state index contributed by atoms with van der Waals surface area (Å²) >= 11 is 0. The Morgan fingerprint density at radius 2 is 2.00 bits per heavy atom. The standard InChI is InChI=1S/C23H32N2/c1-3-5-9-21(4-2)23(22-10-7-6-8-11-22)15-19-25-17-13-20(12-16-24)14-18-25/h3,5-11,20,23H,4,12-15,17-19H2,1-2H3/b5-3-,21-9+. The number of hydrogen-bond donors (Lipinski definition) is 0. The van der Waals surface area contributed by atoms with E-state index in [4.69, 9.17) is 5.26 Å². The van der Waals surface area contributed by atoms with E-state index in [2.05, 4.69) is 73.4 Å². The number of likely N-dealkylation sites (tertiary alicyclic amines) is 1. The van der Waals surface area contributed by atoms with Crippen molar-refractivity contribution in [3.63, 3.8) is 0 Å². The molecule has 134 valence electrons. The van der Waals surface area contributed by atoms with E-state index in [1.165, 1.54) is 30.4 Å². The minimum absolute atomic E-state index is 0.499. The second kappa shape index (κ2) is 10.9. The third-order valence-electron chi connectivity index (χ3n) is 5.38. The molecule has 0 radical (unpaired) electrons. The molecule has 2 rings (SSSR count). The van der Waals surface area contributed by atoms with Gasteiger partial charge in [0.1, 0.15) is 0 Å². The molecule has 0 N–H and O–H groups in total. The van der Waals surface area contributed by atoms with Gasteiger partial charge < -0.3 is 4.90 Å². The van der Waals surface area contributed by atoms with Crippen LogP contribution in [0.15, 0.2) is 54.1 Å². The first-order valence-corrected chi connectivity index (χ1v) is 9.74. The molecule has 1 fully saturated rings. The zero-order valence-electron chi connectivity index (χ0n) is 15.8. The van der Waals surface area contributed by atoms with Gasteiger partial charge in [-0.25, -0.2) is 0 Å². The molecule has 0 aromatic heterocycles. The van der Waals surface area contributed by atoms with Crippen LogP contribution in [0.5, 0.6) is 0 Å². The van der Waals surface area contributed by atoms with Crippen molar-refractivity contribution in [2.75, 3.05) is 19.6 Å². The van der Waals surface area contributed by atoms with Gasteiger partial charge in [0.2, 0.25) is 0 Å². The van der Waals surface area contributed by atoms with Crippen LogP contribution in [-0.4, -0.2) is 24.5 Å². The molecule has 0 saturated carbocycles. The lowest BCUT2D eigenvalue weighted by Crippen LogP contribution is -2.35. The molecule has 1 aromatic carbocycles. The number of hydrogen-bond acceptors (Lipinski definition) is 2. The van der Waals surface area contributed by atoms with Crippen molar-refractivity contribution in [1.29, 1.82) is 5.26 Å². The molecule has 1 unspecified atom stereocenters. The van der Waals surface area contributed by atoms with Crippen LogP contribution in [0.1, 0.15) is 57.4 Å². The molecule has 1 heterocycles. The highest BCUT2D eigenvalue weighted by molar-refractivity contribution is 5.30. The molecular formula is C23H32N2.